The van der Waals surface area contributed by atoms with Crippen LogP contribution in [0.5, 0.6) is 0 Å². The molecule has 6 rings (SSSR count). The number of anilines is 4. The molecule has 0 unspecified atom stereocenters. The molecule has 0 aliphatic heterocycles. The number of carbonyl (C=O) groups is 3. The number of pyridine rings is 2. The standard InChI is InChI=1S/C21H22FN5O4.C19H20FN5O2.ClH/c1-12-17(25-20(28)30-4)8-9-18(24-12)16-11-23-27(3)19(16)26-21(29)31-13(2)14-6-5-7-15(22)10-14;1-11-16(21)7-8-17(23-11)15-10-22-25(3)18(15)24-19(26)27-12(2)13-5-4-6-14(20)9-13;/h5-11,13H,1-4H3,(H,25,28)(H,26,29);4-10,12H,21H2,1-3H3,(H,24,26);1H/t13-;12-;/m11./s1. The molecule has 2 aromatic carbocycles. The minimum atomic E-state index is -0.720. The molecule has 2 atom stereocenters. The Bertz CT molecular complexity index is 2440. The maximum absolute atomic E-state index is 13.4. The van der Waals surface area contributed by atoms with Crippen molar-refractivity contribution >= 4 is 53.7 Å². The molecule has 4 heterocycles. The summed E-state index contributed by atoms with van der Waals surface area (Å²) >= 11 is 0. The Morgan fingerprint density at radius 3 is 1.56 bits per heavy atom. The van der Waals surface area contributed by atoms with E-state index in [1.54, 1.807) is 103 Å². The summed E-state index contributed by atoms with van der Waals surface area (Å²) in [6.45, 7) is 6.85. The van der Waals surface area contributed by atoms with Crippen LogP contribution < -0.4 is 21.7 Å². The Balaban J connectivity index is 0.000000259. The van der Waals surface area contributed by atoms with Gasteiger partial charge in [-0.3, -0.25) is 35.3 Å². The highest BCUT2D eigenvalue weighted by atomic mass is 35.5. The molecular weight excluding hydrogens is 790 g/mol. The van der Waals surface area contributed by atoms with E-state index in [9.17, 15) is 23.2 Å². The fourth-order valence-electron chi connectivity index (χ4n) is 5.50. The Hall–Kier alpha value is -7.08. The SMILES string of the molecule is COC(=O)Nc1ccc(-c2cnn(C)c2NC(=O)O[C@H](C)c2cccc(F)c2)nc1C.Cc1nc(-c2cnn(C)c2NC(=O)O[C@H](C)c2cccc(F)c2)ccc1N.Cl. The van der Waals surface area contributed by atoms with Crippen LogP contribution in [0.15, 0.2) is 85.2 Å². The van der Waals surface area contributed by atoms with E-state index in [0.717, 1.165) is 0 Å². The van der Waals surface area contributed by atoms with E-state index < -0.39 is 36.3 Å². The van der Waals surface area contributed by atoms with E-state index in [1.165, 1.54) is 40.7 Å². The van der Waals surface area contributed by atoms with Gasteiger partial charge in [0.05, 0.1) is 64.8 Å². The van der Waals surface area contributed by atoms with Gasteiger partial charge < -0.3 is 19.9 Å². The summed E-state index contributed by atoms with van der Waals surface area (Å²) in [5.74, 6) is 0.0102. The average Bonchev–Trinajstić information content (AvgIpc) is 3.73. The van der Waals surface area contributed by atoms with Crippen LogP contribution in [0.3, 0.4) is 0 Å². The summed E-state index contributed by atoms with van der Waals surface area (Å²) in [7, 11) is 4.63. The summed E-state index contributed by atoms with van der Waals surface area (Å²) < 4.78 is 45.0. The number of halogens is 3. The Labute approximate surface area is 344 Å². The van der Waals surface area contributed by atoms with Crippen LogP contribution in [0, 0.1) is 25.5 Å². The highest BCUT2D eigenvalue weighted by Gasteiger charge is 2.20. The third-order valence-electron chi connectivity index (χ3n) is 8.71. The quantitative estimate of drug-likeness (QED) is 0.102. The fraction of sp³-hybridized carbons (Fsp3) is 0.225. The first-order valence-corrected chi connectivity index (χ1v) is 17.7. The molecule has 0 saturated carbocycles. The van der Waals surface area contributed by atoms with Crippen molar-refractivity contribution in [3.63, 3.8) is 0 Å². The van der Waals surface area contributed by atoms with E-state index in [4.69, 9.17) is 15.2 Å². The van der Waals surface area contributed by atoms with Gasteiger partial charge in [-0.25, -0.2) is 23.2 Å². The number of nitrogens with two attached hydrogens (primary N) is 1. The number of hydrogen-bond donors (Lipinski definition) is 4. The second-order valence-corrected chi connectivity index (χ2v) is 12.8. The summed E-state index contributed by atoms with van der Waals surface area (Å²) in [6.07, 6.45) is -0.113. The van der Waals surface area contributed by atoms with Crippen LogP contribution >= 0.6 is 12.4 Å². The van der Waals surface area contributed by atoms with Gasteiger partial charge in [0, 0.05) is 14.1 Å². The monoisotopic (exact) mass is 832 g/mol. The molecule has 0 bridgehead atoms. The smallest absolute Gasteiger partial charge is 0.413 e. The van der Waals surface area contributed by atoms with Crippen LogP contribution in [0.25, 0.3) is 22.5 Å². The largest absolute Gasteiger partial charge is 0.453 e. The Morgan fingerprint density at radius 2 is 1.14 bits per heavy atom. The van der Waals surface area contributed by atoms with Crippen molar-refractivity contribution in [2.75, 3.05) is 28.8 Å². The van der Waals surface area contributed by atoms with Crippen LogP contribution in [0.2, 0.25) is 0 Å². The van der Waals surface area contributed by atoms with E-state index in [1.807, 2.05) is 0 Å². The number of hydrogen-bond acceptors (Lipinski definition) is 11. The molecule has 16 nitrogen and oxygen atoms in total. The lowest BCUT2D eigenvalue weighted by Crippen LogP contribution is -2.18. The first-order chi connectivity index (χ1) is 27.6. The zero-order chi connectivity index (χ0) is 42.1. The van der Waals surface area contributed by atoms with Crippen molar-refractivity contribution in [3.8, 4) is 22.5 Å². The molecule has 6 aromatic rings. The highest BCUT2D eigenvalue weighted by Crippen LogP contribution is 2.30. The van der Waals surface area contributed by atoms with E-state index >= 15 is 0 Å². The molecule has 4 aromatic heterocycles. The molecule has 0 aliphatic rings. The van der Waals surface area contributed by atoms with Gasteiger partial charge >= 0.3 is 18.3 Å². The van der Waals surface area contributed by atoms with Gasteiger partial charge in [0.2, 0.25) is 0 Å². The van der Waals surface area contributed by atoms with Gasteiger partial charge in [-0.15, -0.1) is 12.4 Å². The van der Waals surface area contributed by atoms with Crippen molar-refractivity contribution < 1.29 is 37.4 Å². The van der Waals surface area contributed by atoms with Crippen molar-refractivity contribution in [1.82, 2.24) is 29.5 Å². The predicted molar refractivity (Wildman–Crippen MR) is 220 cm³/mol. The van der Waals surface area contributed by atoms with Gasteiger partial charge in [-0.1, -0.05) is 24.3 Å². The van der Waals surface area contributed by atoms with E-state index in [-0.39, 0.29) is 18.2 Å². The van der Waals surface area contributed by atoms with Crippen LogP contribution in [-0.4, -0.2) is 54.9 Å². The molecule has 0 radical (unpaired) electrons. The van der Waals surface area contributed by atoms with Gasteiger partial charge in [0.25, 0.3) is 0 Å². The maximum atomic E-state index is 13.4. The summed E-state index contributed by atoms with van der Waals surface area (Å²) in [5, 5.41) is 16.3. The maximum Gasteiger partial charge on any atom is 0.413 e. The van der Waals surface area contributed by atoms with Crippen LogP contribution in [-0.2, 0) is 28.3 Å². The van der Waals surface area contributed by atoms with Gasteiger partial charge in [0.15, 0.2) is 0 Å². The highest BCUT2D eigenvalue weighted by molar-refractivity contribution is 5.91. The number of ether oxygens (including phenoxy) is 3. The lowest BCUT2D eigenvalue weighted by Gasteiger charge is -2.15. The molecule has 5 N–H and O–H groups in total. The van der Waals surface area contributed by atoms with Crippen LogP contribution in [0.1, 0.15) is 48.6 Å². The van der Waals surface area contributed by atoms with Gasteiger partial charge in [-0.2, -0.15) is 10.2 Å². The van der Waals surface area contributed by atoms with Crippen molar-refractivity contribution in [2.24, 2.45) is 14.1 Å². The topological polar surface area (TPSA) is 202 Å². The zero-order valence-electron chi connectivity index (χ0n) is 33.1. The molecule has 0 saturated heterocycles. The lowest BCUT2D eigenvalue weighted by molar-refractivity contribution is 0.120. The van der Waals surface area contributed by atoms with Gasteiger partial charge in [0.1, 0.15) is 35.5 Å². The zero-order valence-corrected chi connectivity index (χ0v) is 33.9. The molecule has 3 amide bonds. The van der Waals surface area contributed by atoms with Crippen molar-refractivity contribution in [3.05, 3.63) is 119 Å². The number of amides is 3. The number of methoxy groups -OCH3 is 1. The number of benzene rings is 2. The first-order valence-electron chi connectivity index (χ1n) is 17.7. The van der Waals surface area contributed by atoms with Crippen molar-refractivity contribution in [2.45, 2.75) is 39.9 Å². The predicted octanol–water partition coefficient (Wildman–Crippen LogP) is 8.66. The number of aryl methyl sites for hydroxylation is 4. The molecule has 0 aliphatic carbocycles. The summed E-state index contributed by atoms with van der Waals surface area (Å²) in [6, 6.07) is 18.6. The number of nitrogens with one attached hydrogen (secondary N) is 3. The van der Waals surface area contributed by atoms with Crippen molar-refractivity contribution in [1.29, 1.82) is 0 Å². The molecule has 0 spiro atoms. The Morgan fingerprint density at radius 1 is 0.678 bits per heavy atom. The second-order valence-electron chi connectivity index (χ2n) is 12.8. The van der Waals surface area contributed by atoms with E-state index in [0.29, 0.717) is 68.0 Å². The molecule has 310 valence electrons. The normalized spacial score (nSPS) is 11.5. The van der Waals surface area contributed by atoms with E-state index in [2.05, 4.69) is 40.9 Å². The molecule has 19 heteroatoms. The number of nitrogens with zero attached hydrogens (tertiary/aromatic N) is 6. The number of aromatic nitrogens is 6. The van der Waals surface area contributed by atoms with Crippen LogP contribution in [0.4, 0.5) is 46.2 Å². The average molecular weight is 833 g/mol. The lowest BCUT2D eigenvalue weighted by atomic mass is 10.1. The second kappa shape index (κ2) is 19.9. The third-order valence-corrected chi connectivity index (χ3v) is 8.71. The molecular formula is C40H43ClF2N10O6. The number of nitrogen functional groups attached to an aromatic ring is 1. The minimum Gasteiger partial charge on any atom is -0.453 e. The molecule has 0 fully saturated rings. The summed E-state index contributed by atoms with van der Waals surface area (Å²) in [4.78, 5) is 45.1. The summed E-state index contributed by atoms with van der Waals surface area (Å²) in [5.41, 5.74) is 11.6. The number of carbonyl (C=O) groups excluding carboxylic acids is 3. The Kier molecular flexibility index (Phi) is 15.0. The fourth-order valence-corrected chi connectivity index (χ4v) is 5.50. The number of rotatable bonds is 9. The third kappa shape index (κ3) is 11.5. The first kappa shape index (κ1) is 44.6. The molecule has 59 heavy (non-hydrogen) atoms. The minimum absolute atomic E-state index is 0. The van der Waals surface area contributed by atoms with Gasteiger partial charge in [-0.05, 0) is 87.4 Å².